The van der Waals surface area contributed by atoms with Crippen molar-refractivity contribution in [3.8, 4) is 10.6 Å². The summed E-state index contributed by atoms with van der Waals surface area (Å²) in [7, 11) is 0. The molecule has 0 atom stereocenters. The molecule has 4 aromatic rings. The molecule has 3 amide bonds. The molecule has 0 radical (unpaired) electrons. The quantitative estimate of drug-likeness (QED) is 0.497. The highest BCUT2D eigenvalue weighted by Gasteiger charge is 2.31. The normalized spacial score (nSPS) is 13.4. The molecule has 0 saturated heterocycles. The van der Waals surface area contributed by atoms with Crippen molar-refractivity contribution in [1.29, 1.82) is 0 Å². The van der Waals surface area contributed by atoms with Crippen LogP contribution in [0.15, 0.2) is 72.8 Å². The van der Waals surface area contributed by atoms with E-state index < -0.39 is 11.8 Å². The first kappa shape index (κ1) is 19.1. The summed E-state index contributed by atoms with van der Waals surface area (Å²) >= 11 is 1.58. The molecule has 0 spiro atoms. The van der Waals surface area contributed by atoms with E-state index >= 15 is 0 Å². The Morgan fingerprint density at radius 3 is 2.68 bits per heavy atom. The minimum Gasteiger partial charge on any atom is -0.325 e. The van der Waals surface area contributed by atoms with Gasteiger partial charge in [0.1, 0.15) is 11.6 Å². The van der Waals surface area contributed by atoms with Crippen LogP contribution >= 0.6 is 11.3 Å². The van der Waals surface area contributed by atoms with Gasteiger partial charge >= 0.3 is 0 Å². The van der Waals surface area contributed by atoms with Gasteiger partial charge in [-0.3, -0.25) is 19.3 Å². The number of amides is 3. The van der Waals surface area contributed by atoms with Crippen LogP contribution in [0.2, 0.25) is 0 Å². The monoisotopic (exact) mass is 427 g/mol. The van der Waals surface area contributed by atoms with Crippen LogP contribution in [0.4, 0.5) is 5.69 Å². The van der Waals surface area contributed by atoms with E-state index in [1.807, 2.05) is 42.5 Å². The highest BCUT2D eigenvalue weighted by atomic mass is 32.1. The minimum absolute atomic E-state index is 0.113. The van der Waals surface area contributed by atoms with Gasteiger partial charge in [0.25, 0.3) is 5.91 Å². The molecule has 6 nitrogen and oxygen atoms in total. The first-order valence-corrected chi connectivity index (χ1v) is 10.6. The fourth-order valence-electron chi connectivity index (χ4n) is 3.63. The van der Waals surface area contributed by atoms with Crippen molar-refractivity contribution in [2.24, 2.45) is 0 Å². The zero-order valence-electron chi connectivity index (χ0n) is 16.4. The van der Waals surface area contributed by atoms with Crippen LogP contribution in [0.3, 0.4) is 0 Å². The number of fused-ring (bicyclic) bond motifs is 2. The third-order valence-electron chi connectivity index (χ3n) is 5.12. The van der Waals surface area contributed by atoms with Crippen molar-refractivity contribution in [2.45, 2.75) is 6.42 Å². The Hall–Kier alpha value is -3.84. The summed E-state index contributed by atoms with van der Waals surface area (Å²) < 4.78 is 1.09. The van der Waals surface area contributed by atoms with Gasteiger partial charge in [-0.1, -0.05) is 42.5 Å². The van der Waals surface area contributed by atoms with Crippen molar-refractivity contribution >= 4 is 45.0 Å². The van der Waals surface area contributed by atoms with Gasteiger partial charge in [-0.25, -0.2) is 4.98 Å². The maximum absolute atomic E-state index is 12.7. The second kappa shape index (κ2) is 7.77. The molecule has 3 aromatic carbocycles. The van der Waals surface area contributed by atoms with Gasteiger partial charge in [-0.2, -0.15) is 0 Å². The summed E-state index contributed by atoms with van der Waals surface area (Å²) in [5.41, 5.74) is 3.56. The molecule has 1 aromatic heterocycles. The molecule has 152 valence electrons. The summed E-state index contributed by atoms with van der Waals surface area (Å²) in [6.45, 7) is -0.322. The second-order valence-electron chi connectivity index (χ2n) is 7.23. The van der Waals surface area contributed by atoms with Gasteiger partial charge in [0.05, 0.1) is 16.6 Å². The SMILES string of the molecule is O=C(CN1C(=O)Cc2ccccc2C1=O)Nc1cccc(-c2nc3ccccc3s2)c1. The van der Waals surface area contributed by atoms with Crippen molar-refractivity contribution < 1.29 is 14.4 Å². The molecule has 0 unspecified atom stereocenters. The Balaban J connectivity index is 1.32. The van der Waals surface area contributed by atoms with E-state index in [0.29, 0.717) is 16.8 Å². The van der Waals surface area contributed by atoms with Crippen LogP contribution in [0.1, 0.15) is 15.9 Å². The number of imide groups is 1. The number of nitrogens with zero attached hydrogens (tertiary/aromatic N) is 2. The number of anilines is 1. The van der Waals surface area contributed by atoms with Crippen LogP contribution in [-0.4, -0.2) is 34.2 Å². The summed E-state index contributed by atoms with van der Waals surface area (Å²) in [6, 6.07) is 22.3. The molecule has 1 aliphatic rings. The van der Waals surface area contributed by atoms with Crippen LogP contribution in [0.25, 0.3) is 20.8 Å². The molecule has 0 saturated carbocycles. The van der Waals surface area contributed by atoms with Crippen LogP contribution in [0.5, 0.6) is 0 Å². The Bertz CT molecular complexity index is 1310. The van der Waals surface area contributed by atoms with E-state index in [1.165, 1.54) is 0 Å². The van der Waals surface area contributed by atoms with E-state index in [2.05, 4.69) is 10.3 Å². The highest BCUT2D eigenvalue weighted by Crippen LogP contribution is 2.31. The first-order chi connectivity index (χ1) is 15.1. The van der Waals surface area contributed by atoms with Gasteiger partial charge in [0, 0.05) is 16.8 Å². The lowest BCUT2D eigenvalue weighted by atomic mass is 9.98. The number of aromatic nitrogens is 1. The maximum Gasteiger partial charge on any atom is 0.261 e. The molecule has 0 bridgehead atoms. The molecule has 2 heterocycles. The van der Waals surface area contributed by atoms with Gasteiger partial charge in [-0.05, 0) is 35.9 Å². The van der Waals surface area contributed by atoms with Gasteiger partial charge < -0.3 is 5.32 Å². The molecule has 7 heteroatoms. The molecule has 0 fully saturated rings. The Labute approximate surface area is 182 Å². The maximum atomic E-state index is 12.7. The lowest BCUT2D eigenvalue weighted by Gasteiger charge is -2.26. The topological polar surface area (TPSA) is 79.4 Å². The number of thiazole rings is 1. The Morgan fingerprint density at radius 1 is 1.00 bits per heavy atom. The van der Waals surface area contributed by atoms with E-state index in [1.54, 1.807) is 41.7 Å². The zero-order valence-corrected chi connectivity index (χ0v) is 17.2. The van der Waals surface area contributed by atoms with Gasteiger partial charge in [0.15, 0.2) is 0 Å². The average molecular weight is 427 g/mol. The van der Waals surface area contributed by atoms with E-state index in [0.717, 1.165) is 25.7 Å². The Kier molecular flexibility index (Phi) is 4.80. The van der Waals surface area contributed by atoms with Crippen LogP contribution < -0.4 is 5.32 Å². The molecule has 5 rings (SSSR count). The molecule has 1 N–H and O–H groups in total. The number of rotatable bonds is 4. The first-order valence-electron chi connectivity index (χ1n) is 9.77. The standard InChI is InChI=1S/C24H17N3O3S/c28-21(14-27-22(29)13-15-6-1-2-9-18(15)24(27)30)25-17-8-5-7-16(12-17)23-26-19-10-3-4-11-20(19)31-23/h1-12H,13-14H2,(H,25,28). The summed E-state index contributed by atoms with van der Waals surface area (Å²) in [4.78, 5) is 43.3. The van der Waals surface area contributed by atoms with E-state index in [4.69, 9.17) is 0 Å². The van der Waals surface area contributed by atoms with Crippen LogP contribution in [-0.2, 0) is 16.0 Å². The minimum atomic E-state index is -0.440. The van der Waals surface area contributed by atoms with Gasteiger partial charge in [-0.15, -0.1) is 11.3 Å². The summed E-state index contributed by atoms with van der Waals surface area (Å²) in [5.74, 6) is -1.24. The molecular formula is C24H17N3O3S. The number of carbonyl (C=O) groups excluding carboxylic acids is 3. The lowest BCUT2D eigenvalue weighted by Crippen LogP contribution is -2.46. The summed E-state index contributed by atoms with van der Waals surface area (Å²) in [5, 5.41) is 3.65. The van der Waals surface area contributed by atoms with Gasteiger partial charge in [0.2, 0.25) is 11.8 Å². The average Bonchev–Trinajstić information content (AvgIpc) is 3.21. The third kappa shape index (κ3) is 3.71. The number of benzene rings is 3. The Morgan fingerprint density at radius 2 is 1.81 bits per heavy atom. The zero-order chi connectivity index (χ0) is 21.4. The number of para-hydroxylation sites is 1. The second-order valence-corrected chi connectivity index (χ2v) is 8.27. The smallest absolute Gasteiger partial charge is 0.261 e. The highest BCUT2D eigenvalue weighted by molar-refractivity contribution is 7.21. The van der Waals surface area contributed by atoms with Crippen LogP contribution in [0, 0.1) is 0 Å². The predicted octanol–water partition coefficient (Wildman–Crippen LogP) is 4.13. The summed E-state index contributed by atoms with van der Waals surface area (Å²) in [6.07, 6.45) is 0.113. The fourth-order valence-corrected chi connectivity index (χ4v) is 4.59. The number of hydrogen-bond donors (Lipinski definition) is 1. The molecular weight excluding hydrogens is 410 g/mol. The molecule has 31 heavy (non-hydrogen) atoms. The predicted molar refractivity (Wildman–Crippen MR) is 120 cm³/mol. The van der Waals surface area contributed by atoms with Crippen molar-refractivity contribution in [3.05, 3.63) is 83.9 Å². The third-order valence-corrected chi connectivity index (χ3v) is 6.21. The number of hydrogen-bond acceptors (Lipinski definition) is 5. The molecule has 0 aliphatic carbocycles. The molecule has 1 aliphatic heterocycles. The van der Waals surface area contributed by atoms with E-state index in [-0.39, 0.29) is 18.9 Å². The lowest BCUT2D eigenvalue weighted by molar-refractivity contribution is -0.131. The van der Waals surface area contributed by atoms with Crippen molar-refractivity contribution in [3.63, 3.8) is 0 Å². The largest absolute Gasteiger partial charge is 0.325 e. The van der Waals surface area contributed by atoms with Crippen molar-refractivity contribution in [2.75, 3.05) is 11.9 Å². The van der Waals surface area contributed by atoms with E-state index in [9.17, 15) is 14.4 Å². The number of carbonyl (C=O) groups is 3. The number of nitrogens with one attached hydrogen (secondary N) is 1. The van der Waals surface area contributed by atoms with Crippen molar-refractivity contribution in [1.82, 2.24) is 9.88 Å². The fraction of sp³-hybridized carbons (Fsp3) is 0.0833.